The topological polar surface area (TPSA) is 67.9 Å². The highest BCUT2D eigenvalue weighted by Crippen LogP contribution is 2.11. The monoisotopic (exact) mass is 258 g/mol. The van der Waals surface area contributed by atoms with Gasteiger partial charge in [0.1, 0.15) is 0 Å². The number of nitrogens with one attached hydrogen (secondary N) is 1. The standard InChI is InChI=1S/C12H22N2O4/c1-3-18-12(16)14-8-5-10(6-9-14)13-7-4-11(15)17-2/h10,13H,3-9H2,1-2H3. The Balaban J connectivity index is 2.15. The van der Waals surface area contributed by atoms with Gasteiger partial charge in [-0.2, -0.15) is 0 Å². The molecule has 0 spiro atoms. The van der Waals surface area contributed by atoms with Crippen molar-refractivity contribution in [2.24, 2.45) is 0 Å². The second-order valence-electron chi connectivity index (χ2n) is 4.24. The van der Waals surface area contributed by atoms with Crippen LogP contribution in [-0.4, -0.2) is 56.4 Å². The minimum atomic E-state index is -0.231. The number of ether oxygens (including phenoxy) is 2. The Hall–Kier alpha value is -1.30. The lowest BCUT2D eigenvalue weighted by atomic mass is 10.1. The molecule has 104 valence electrons. The van der Waals surface area contributed by atoms with Gasteiger partial charge in [-0.3, -0.25) is 4.79 Å². The summed E-state index contributed by atoms with van der Waals surface area (Å²) in [6.45, 7) is 4.25. The van der Waals surface area contributed by atoms with Gasteiger partial charge in [-0.25, -0.2) is 4.79 Å². The van der Waals surface area contributed by atoms with Gasteiger partial charge in [0.05, 0.1) is 20.1 Å². The third kappa shape index (κ3) is 4.91. The predicted octanol–water partition coefficient (Wildman–Crippen LogP) is 0.760. The third-order valence-electron chi connectivity index (χ3n) is 3.01. The Bertz CT molecular complexity index is 275. The maximum Gasteiger partial charge on any atom is 0.409 e. The zero-order chi connectivity index (χ0) is 13.4. The molecule has 0 saturated carbocycles. The number of carbonyl (C=O) groups is 2. The number of hydrogen-bond acceptors (Lipinski definition) is 5. The van der Waals surface area contributed by atoms with Gasteiger partial charge in [0.15, 0.2) is 0 Å². The third-order valence-corrected chi connectivity index (χ3v) is 3.01. The molecule has 0 atom stereocenters. The highest BCUT2D eigenvalue weighted by Gasteiger charge is 2.23. The van der Waals surface area contributed by atoms with E-state index in [1.165, 1.54) is 7.11 Å². The fourth-order valence-corrected chi connectivity index (χ4v) is 1.96. The van der Waals surface area contributed by atoms with Crippen molar-refractivity contribution >= 4 is 12.1 Å². The predicted molar refractivity (Wildman–Crippen MR) is 66.3 cm³/mol. The molecule has 0 bridgehead atoms. The Morgan fingerprint density at radius 2 is 2.00 bits per heavy atom. The molecule has 1 N–H and O–H groups in total. The van der Waals surface area contributed by atoms with Gasteiger partial charge in [0.25, 0.3) is 0 Å². The van der Waals surface area contributed by atoms with Crippen LogP contribution in [0.4, 0.5) is 4.79 Å². The van der Waals surface area contributed by atoms with Gasteiger partial charge in [0.2, 0.25) is 0 Å². The molecule has 1 heterocycles. The van der Waals surface area contributed by atoms with E-state index in [1.54, 1.807) is 11.8 Å². The van der Waals surface area contributed by atoms with Crippen LogP contribution in [0.2, 0.25) is 0 Å². The normalized spacial score (nSPS) is 16.4. The van der Waals surface area contributed by atoms with E-state index in [0.717, 1.165) is 12.8 Å². The molecule has 0 aromatic heterocycles. The summed E-state index contributed by atoms with van der Waals surface area (Å²) in [6.07, 6.45) is 1.93. The van der Waals surface area contributed by atoms with Crippen LogP contribution in [0.5, 0.6) is 0 Å². The van der Waals surface area contributed by atoms with E-state index >= 15 is 0 Å². The fraction of sp³-hybridized carbons (Fsp3) is 0.833. The number of amides is 1. The summed E-state index contributed by atoms with van der Waals surface area (Å²) in [4.78, 5) is 24.1. The Morgan fingerprint density at radius 1 is 1.33 bits per heavy atom. The lowest BCUT2D eigenvalue weighted by Crippen LogP contribution is -2.45. The summed E-state index contributed by atoms with van der Waals surface area (Å²) in [5.74, 6) is -0.202. The first-order chi connectivity index (χ1) is 8.67. The van der Waals surface area contributed by atoms with Crippen molar-refractivity contribution in [1.29, 1.82) is 0 Å². The van der Waals surface area contributed by atoms with Crippen molar-refractivity contribution in [2.75, 3.05) is 33.4 Å². The first-order valence-corrected chi connectivity index (χ1v) is 6.39. The van der Waals surface area contributed by atoms with Gasteiger partial charge < -0.3 is 19.7 Å². The van der Waals surface area contributed by atoms with Gasteiger partial charge in [-0.15, -0.1) is 0 Å². The Labute approximate surface area is 108 Å². The molecule has 18 heavy (non-hydrogen) atoms. The number of rotatable bonds is 5. The van der Waals surface area contributed by atoms with Crippen molar-refractivity contribution in [1.82, 2.24) is 10.2 Å². The molecule has 0 unspecified atom stereocenters. The van der Waals surface area contributed by atoms with Crippen LogP contribution in [0.3, 0.4) is 0 Å². The zero-order valence-electron chi connectivity index (χ0n) is 11.1. The number of methoxy groups -OCH3 is 1. The number of likely N-dealkylation sites (tertiary alicyclic amines) is 1. The smallest absolute Gasteiger partial charge is 0.409 e. The van der Waals surface area contributed by atoms with Gasteiger partial charge in [-0.1, -0.05) is 0 Å². The number of carbonyl (C=O) groups excluding carboxylic acids is 2. The summed E-state index contributed by atoms with van der Waals surface area (Å²) in [5.41, 5.74) is 0. The second-order valence-corrected chi connectivity index (χ2v) is 4.24. The maximum absolute atomic E-state index is 11.5. The minimum Gasteiger partial charge on any atom is -0.469 e. The molecular weight excluding hydrogens is 236 g/mol. The minimum absolute atomic E-state index is 0.202. The molecule has 1 saturated heterocycles. The molecule has 1 fully saturated rings. The largest absolute Gasteiger partial charge is 0.469 e. The second kappa shape index (κ2) is 7.92. The van der Waals surface area contributed by atoms with Crippen LogP contribution >= 0.6 is 0 Å². The summed E-state index contributed by atoms with van der Waals surface area (Å²) in [6, 6.07) is 0.361. The van der Waals surface area contributed by atoms with Crippen molar-refractivity contribution in [3.8, 4) is 0 Å². The average Bonchev–Trinajstić information content (AvgIpc) is 2.39. The van der Waals surface area contributed by atoms with Crippen LogP contribution < -0.4 is 5.32 Å². The molecule has 0 radical (unpaired) electrons. The first-order valence-electron chi connectivity index (χ1n) is 6.39. The van der Waals surface area contributed by atoms with Crippen LogP contribution in [0, 0.1) is 0 Å². The summed E-state index contributed by atoms with van der Waals surface area (Å²) in [5, 5.41) is 3.30. The van der Waals surface area contributed by atoms with E-state index in [-0.39, 0.29) is 12.1 Å². The Morgan fingerprint density at radius 3 is 2.56 bits per heavy atom. The van der Waals surface area contributed by atoms with Gasteiger partial charge in [-0.05, 0) is 19.8 Å². The average molecular weight is 258 g/mol. The molecule has 1 aliphatic rings. The summed E-state index contributed by atoms with van der Waals surface area (Å²) >= 11 is 0. The van der Waals surface area contributed by atoms with Crippen molar-refractivity contribution in [3.05, 3.63) is 0 Å². The molecule has 6 nitrogen and oxygen atoms in total. The van der Waals surface area contributed by atoms with Crippen molar-refractivity contribution in [2.45, 2.75) is 32.2 Å². The van der Waals surface area contributed by atoms with E-state index in [0.29, 0.717) is 38.7 Å². The highest BCUT2D eigenvalue weighted by molar-refractivity contribution is 5.69. The molecule has 0 aromatic rings. The lowest BCUT2D eigenvalue weighted by molar-refractivity contribution is -0.140. The first kappa shape index (κ1) is 14.8. The van der Waals surface area contributed by atoms with Crippen LogP contribution in [0.1, 0.15) is 26.2 Å². The lowest BCUT2D eigenvalue weighted by Gasteiger charge is -2.31. The van der Waals surface area contributed by atoms with E-state index in [9.17, 15) is 9.59 Å². The van der Waals surface area contributed by atoms with Crippen LogP contribution in [-0.2, 0) is 14.3 Å². The molecule has 1 rings (SSSR count). The number of piperidine rings is 1. The summed E-state index contributed by atoms with van der Waals surface area (Å²) < 4.78 is 9.52. The van der Waals surface area contributed by atoms with Crippen molar-refractivity contribution in [3.63, 3.8) is 0 Å². The Kier molecular flexibility index (Phi) is 6.49. The number of nitrogens with zero attached hydrogens (tertiary/aromatic N) is 1. The van der Waals surface area contributed by atoms with Crippen molar-refractivity contribution < 1.29 is 19.1 Å². The van der Waals surface area contributed by atoms with E-state index in [1.807, 2.05) is 0 Å². The quantitative estimate of drug-likeness (QED) is 0.737. The number of hydrogen-bond donors (Lipinski definition) is 1. The molecular formula is C12H22N2O4. The summed E-state index contributed by atoms with van der Waals surface area (Å²) in [7, 11) is 1.39. The van der Waals surface area contributed by atoms with E-state index in [2.05, 4.69) is 10.1 Å². The maximum atomic E-state index is 11.5. The molecule has 1 amide bonds. The van der Waals surface area contributed by atoms with E-state index < -0.39 is 0 Å². The SMILES string of the molecule is CCOC(=O)N1CCC(NCCC(=O)OC)CC1. The fourth-order valence-electron chi connectivity index (χ4n) is 1.96. The number of esters is 1. The van der Waals surface area contributed by atoms with Gasteiger partial charge >= 0.3 is 12.1 Å². The van der Waals surface area contributed by atoms with Crippen LogP contribution in [0.25, 0.3) is 0 Å². The van der Waals surface area contributed by atoms with E-state index in [4.69, 9.17) is 4.74 Å². The molecule has 1 aliphatic heterocycles. The molecule has 6 heteroatoms. The van der Waals surface area contributed by atoms with Crippen LogP contribution in [0.15, 0.2) is 0 Å². The van der Waals surface area contributed by atoms with Gasteiger partial charge in [0, 0.05) is 25.7 Å². The zero-order valence-corrected chi connectivity index (χ0v) is 11.1. The highest BCUT2D eigenvalue weighted by atomic mass is 16.6. The molecule has 0 aliphatic carbocycles. The molecule has 0 aromatic carbocycles.